The number of methoxy groups -OCH3 is 2. The number of ether oxygens (including phenoxy) is 2. The van der Waals surface area contributed by atoms with Crippen molar-refractivity contribution >= 4 is 22.1 Å². The number of carbonyl (C=O) groups excluding carboxylic acids is 2. The van der Waals surface area contributed by atoms with Gasteiger partial charge >= 0.3 is 12.1 Å². The molecule has 0 radical (unpaired) electrons. The molecule has 98 valence electrons. The maximum atomic E-state index is 11.8. The zero-order chi connectivity index (χ0) is 13.8. The molecular weight excluding hydrogens is 262 g/mol. The molecule has 0 aliphatic rings. The molecule has 0 atom stereocenters. The summed E-state index contributed by atoms with van der Waals surface area (Å²) >= 11 is 0. The van der Waals surface area contributed by atoms with Crippen LogP contribution in [0.1, 0.15) is 10.4 Å². The number of sulfonamides is 1. The Bertz CT molecular complexity index is 565. The third-order valence-corrected chi connectivity index (χ3v) is 3.36. The summed E-state index contributed by atoms with van der Waals surface area (Å²) in [6.07, 6.45) is -1.14. The average Bonchev–Trinajstić information content (AvgIpc) is 2.37. The molecule has 1 amide bonds. The van der Waals surface area contributed by atoms with Crippen LogP contribution in [0.4, 0.5) is 4.79 Å². The summed E-state index contributed by atoms with van der Waals surface area (Å²) in [5.74, 6) is -0.819. The van der Waals surface area contributed by atoms with Gasteiger partial charge in [-0.1, -0.05) is 12.1 Å². The first-order valence-corrected chi connectivity index (χ1v) is 6.19. The molecule has 1 aromatic rings. The maximum Gasteiger partial charge on any atom is 0.420 e. The van der Waals surface area contributed by atoms with E-state index < -0.39 is 22.1 Å². The average molecular weight is 273 g/mol. The van der Waals surface area contributed by atoms with E-state index in [-0.39, 0.29) is 10.5 Å². The van der Waals surface area contributed by atoms with Crippen LogP contribution in [0.5, 0.6) is 0 Å². The summed E-state index contributed by atoms with van der Waals surface area (Å²) in [7, 11) is -2.03. The fraction of sp³-hybridized carbons (Fsp3) is 0.200. The number of nitrogens with one attached hydrogen (secondary N) is 1. The molecule has 0 aliphatic carbocycles. The van der Waals surface area contributed by atoms with Crippen molar-refractivity contribution in [3.8, 4) is 0 Å². The van der Waals surface area contributed by atoms with Crippen LogP contribution in [-0.4, -0.2) is 34.7 Å². The molecule has 18 heavy (non-hydrogen) atoms. The van der Waals surface area contributed by atoms with Crippen LogP contribution in [0, 0.1) is 0 Å². The molecule has 0 heterocycles. The third-order valence-electron chi connectivity index (χ3n) is 1.98. The Kier molecular flexibility index (Phi) is 4.27. The largest absolute Gasteiger partial charge is 0.465 e. The first-order chi connectivity index (χ1) is 8.42. The second-order valence-electron chi connectivity index (χ2n) is 3.08. The Labute approximate surface area is 104 Å². The van der Waals surface area contributed by atoms with Gasteiger partial charge in [0.1, 0.15) is 4.90 Å². The van der Waals surface area contributed by atoms with Gasteiger partial charge in [-0.2, -0.15) is 0 Å². The number of amides is 1. The number of esters is 1. The quantitative estimate of drug-likeness (QED) is 0.806. The van der Waals surface area contributed by atoms with E-state index in [1.54, 1.807) is 4.72 Å². The number of hydrogen-bond acceptors (Lipinski definition) is 6. The van der Waals surface area contributed by atoms with E-state index in [0.717, 1.165) is 14.2 Å². The topological polar surface area (TPSA) is 98.8 Å². The van der Waals surface area contributed by atoms with Gasteiger partial charge < -0.3 is 9.47 Å². The highest BCUT2D eigenvalue weighted by molar-refractivity contribution is 7.90. The Morgan fingerprint density at radius 2 is 1.72 bits per heavy atom. The van der Waals surface area contributed by atoms with Crippen molar-refractivity contribution in [1.82, 2.24) is 4.72 Å². The minimum absolute atomic E-state index is 0.170. The van der Waals surface area contributed by atoms with Gasteiger partial charge in [-0.3, -0.25) is 0 Å². The van der Waals surface area contributed by atoms with Crippen molar-refractivity contribution in [2.24, 2.45) is 0 Å². The molecule has 7 nitrogen and oxygen atoms in total. The predicted molar refractivity (Wildman–Crippen MR) is 60.5 cm³/mol. The van der Waals surface area contributed by atoms with E-state index in [4.69, 9.17) is 0 Å². The Balaban J connectivity index is 3.24. The van der Waals surface area contributed by atoms with Crippen molar-refractivity contribution < 1.29 is 27.5 Å². The van der Waals surface area contributed by atoms with Crippen LogP contribution < -0.4 is 4.72 Å². The molecule has 1 aromatic carbocycles. The van der Waals surface area contributed by atoms with Crippen molar-refractivity contribution in [1.29, 1.82) is 0 Å². The highest BCUT2D eigenvalue weighted by Gasteiger charge is 2.24. The van der Waals surface area contributed by atoms with Gasteiger partial charge in [0.05, 0.1) is 19.8 Å². The first kappa shape index (κ1) is 14.0. The molecule has 8 heteroatoms. The number of rotatable bonds is 3. The van der Waals surface area contributed by atoms with Crippen LogP contribution >= 0.6 is 0 Å². The van der Waals surface area contributed by atoms with E-state index in [0.29, 0.717) is 0 Å². The van der Waals surface area contributed by atoms with Crippen molar-refractivity contribution in [2.75, 3.05) is 14.2 Å². The minimum Gasteiger partial charge on any atom is -0.465 e. The molecule has 0 unspecified atom stereocenters. The third kappa shape index (κ3) is 2.98. The SMILES string of the molecule is COC(=O)NS(=O)(=O)c1ccccc1C(=O)OC. The van der Waals surface area contributed by atoms with Crippen molar-refractivity contribution in [2.45, 2.75) is 4.90 Å². The van der Waals surface area contributed by atoms with Gasteiger partial charge in [0.25, 0.3) is 10.0 Å². The van der Waals surface area contributed by atoms with Crippen LogP contribution in [0.3, 0.4) is 0 Å². The number of hydrogen-bond donors (Lipinski definition) is 1. The highest BCUT2D eigenvalue weighted by Crippen LogP contribution is 2.16. The van der Waals surface area contributed by atoms with Crippen LogP contribution in [0.2, 0.25) is 0 Å². The molecule has 1 rings (SSSR count). The summed E-state index contributed by atoms with van der Waals surface area (Å²) in [4.78, 5) is 22.0. The Morgan fingerprint density at radius 3 is 2.28 bits per heavy atom. The lowest BCUT2D eigenvalue weighted by Gasteiger charge is -2.09. The van der Waals surface area contributed by atoms with Crippen molar-refractivity contribution in [3.63, 3.8) is 0 Å². The standard InChI is InChI=1S/C10H11NO6S/c1-16-9(12)7-5-3-4-6-8(7)18(14,15)11-10(13)17-2/h3-6H,1-2H3,(H,11,13). The Morgan fingerprint density at radius 1 is 1.11 bits per heavy atom. The maximum absolute atomic E-state index is 11.8. The van der Waals surface area contributed by atoms with Gasteiger partial charge in [-0.15, -0.1) is 0 Å². The van der Waals surface area contributed by atoms with Gasteiger partial charge in [-0.05, 0) is 12.1 Å². The summed E-state index contributed by atoms with van der Waals surface area (Å²) in [6, 6.07) is 5.34. The van der Waals surface area contributed by atoms with Gasteiger partial charge in [0.2, 0.25) is 0 Å². The molecule has 0 bridgehead atoms. The zero-order valence-corrected chi connectivity index (χ0v) is 10.5. The highest BCUT2D eigenvalue weighted by atomic mass is 32.2. The first-order valence-electron chi connectivity index (χ1n) is 4.70. The second-order valence-corrected chi connectivity index (χ2v) is 4.74. The normalized spacial score (nSPS) is 10.6. The van der Waals surface area contributed by atoms with Crippen molar-refractivity contribution in [3.05, 3.63) is 29.8 Å². The van der Waals surface area contributed by atoms with Crippen LogP contribution in [-0.2, 0) is 19.5 Å². The minimum atomic E-state index is -4.18. The van der Waals surface area contributed by atoms with E-state index >= 15 is 0 Å². The summed E-state index contributed by atoms with van der Waals surface area (Å²) in [6.45, 7) is 0. The lowest BCUT2D eigenvalue weighted by atomic mass is 10.2. The lowest BCUT2D eigenvalue weighted by molar-refractivity contribution is 0.0596. The van der Waals surface area contributed by atoms with Crippen LogP contribution in [0.25, 0.3) is 0 Å². The number of carbonyl (C=O) groups is 2. The fourth-order valence-corrected chi connectivity index (χ4v) is 2.30. The van der Waals surface area contributed by atoms with E-state index in [1.165, 1.54) is 24.3 Å². The predicted octanol–water partition coefficient (Wildman–Crippen LogP) is 0.518. The molecule has 0 aliphatic heterocycles. The van der Waals surface area contributed by atoms with Gasteiger partial charge in [0.15, 0.2) is 0 Å². The molecular formula is C10H11NO6S. The summed E-state index contributed by atoms with van der Waals surface area (Å²) in [5.41, 5.74) is -0.170. The molecule has 0 fully saturated rings. The number of benzene rings is 1. The second kappa shape index (κ2) is 5.50. The fourth-order valence-electron chi connectivity index (χ4n) is 1.19. The summed E-state index contributed by atoms with van der Waals surface area (Å²) in [5, 5.41) is 0. The van der Waals surface area contributed by atoms with E-state index in [1.807, 2.05) is 0 Å². The molecule has 0 aromatic heterocycles. The molecule has 0 saturated carbocycles. The Hall–Kier alpha value is -2.09. The monoisotopic (exact) mass is 273 g/mol. The molecule has 1 N–H and O–H groups in total. The van der Waals surface area contributed by atoms with E-state index in [9.17, 15) is 18.0 Å². The molecule has 0 saturated heterocycles. The van der Waals surface area contributed by atoms with Gasteiger partial charge in [-0.25, -0.2) is 22.7 Å². The van der Waals surface area contributed by atoms with Gasteiger partial charge in [0, 0.05) is 0 Å². The zero-order valence-electron chi connectivity index (χ0n) is 9.67. The van der Waals surface area contributed by atoms with Crippen LogP contribution in [0.15, 0.2) is 29.2 Å². The van der Waals surface area contributed by atoms with E-state index in [2.05, 4.69) is 9.47 Å². The molecule has 0 spiro atoms. The summed E-state index contributed by atoms with van der Waals surface area (Å²) < 4.78 is 33.9. The lowest BCUT2D eigenvalue weighted by Crippen LogP contribution is -2.31. The smallest absolute Gasteiger partial charge is 0.420 e.